The number of nitrogens with zero attached hydrogens (tertiary/aromatic N) is 1. The predicted molar refractivity (Wildman–Crippen MR) is 146 cm³/mol. The van der Waals surface area contributed by atoms with Crippen molar-refractivity contribution in [1.82, 2.24) is 4.98 Å². The summed E-state index contributed by atoms with van der Waals surface area (Å²) in [4.78, 5) is 5.03. The molecule has 1 aromatic heterocycles. The van der Waals surface area contributed by atoms with E-state index in [4.69, 9.17) is 4.98 Å². The molecule has 174 valence electrons. The van der Waals surface area contributed by atoms with Crippen molar-refractivity contribution in [3.05, 3.63) is 90.0 Å². The number of benzene rings is 3. The molecule has 1 heteroatoms. The normalized spacial score (nSPS) is 14.5. The number of aromatic nitrogens is 1. The Hall–Kier alpha value is -2.93. The maximum Gasteiger partial charge on any atom is 0.0709 e. The standard InChI is InChI=1S/C33H37N/c1-2-3-4-6-10-25-15-17-27(18-16-25)28-13-9-14-30(23-28)32-22-20-31-24-29(19-21-33(31)34-32)26-11-7-5-8-12-26/h9,13-24,26H,2-8,10-12H2,1H3. The maximum atomic E-state index is 5.03. The zero-order valence-electron chi connectivity index (χ0n) is 20.6. The van der Waals surface area contributed by atoms with Crippen molar-refractivity contribution >= 4 is 10.9 Å². The van der Waals surface area contributed by atoms with Gasteiger partial charge in [0.1, 0.15) is 0 Å². The van der Waals surface area contributed by atoms with Crippen LogP contribution in [0.1, 0.15) is 81.8 Å². The lowest BCUT2D eigenvalue weighted by molar-refractivity contribution is 0.444. The molecule has 34 heavy (non-hydrogen) atoms. The largest absolute Gasteiger partial charge is 0.248 e. The van der Waals surface area contributed by atoms with E-state index < -0.39 is 0 Å². The van der Waals surface area contributed by atoms with E-state index in [1.165, 1.54) is 97.4 Å². The SMILES string of the molecule is CCCCCCc1ccc(-c2cccc(-c3ccc4cc(C5CCCCC5)ccc4n3)c2)cc1. The van der Waals surface area contributed by atoms with Crippen molar-refractivity contribution in [2.45, 2.75) is 77.0 Å². The summed E-state index contributed by atoms with van der Waals surface area (Å²) in [6.45, 7) is 2.27. The second-order valence-corrected chi connectivity index (χ2v) is 10.1. The number of fused-ring (bicyclic) bond motifs is 1. The van der Waals surface area contributed by atoms with E-state index in [9.17, 15) is 0 Å². The molecule has 1 aliphatic carbocycles. The summed E-state index contributed by atoms with van der Waals surface area (Å²) in [7, 11) is 0. The van der Waals surface area contributed by atoms with E-state index in [1.807, 2.05) is 0 Å². The van der Waals surface area contributed by atoms with E-state index >= 15 is 0 Å². The smallest absolute Gasteiger partial charge is 0.0709 e. The first-order chi connectivity index (χ1) is 16.8. The van der Waals surface area contributed by atoms with Crippen LogP contribution in [0, 0.1) is 0 Å². The lowest BCUT2D eigenvalue weighted by atomic mass is 9.84. The van der Waals surface area contributed by atoms with Gasteiger partial charge in [-0.1, -0.05) is 100 Å². The molecule has 0 unspecified atom stereocenters. The molecule has 0 N–H and O–H groups in total. The molecule has 1 nitrogen and oxygen atoms in total. The Morgan fingerprint density at radius 3 is 2.35 bits per heavy atom. The van der Waals surface area contributed by atoms with Gasteiger partial charge in [0.15, 0.2) is 0 Å². The average molecular weight is 448 g/mol. The van der Waals surface area contributed by atoms with Gasteiger partial charge in [-0.05, 0) is 78.1 Å². The Bertz CT molecular complexity index is 1210. The summed E-state index contributed by atoms with van der Waals surface area (Å²) in [5, 5.41) is 1.26. The van der Waals surface area contributed by atoms with Crippen LogP contribution in [0.4, 0.5) is 0 Å². The molecule has 0 saturated heterocycles. The topological polar surface area (TPSA) is 12.9 Å². The van der Waals surface area contributed by atoms with Crippen LogP contribution in [-0.2, 0) is 6.42 Å². The molecular weight excluding hydrogens is 410 g/mol. The first kappa shape index (κ1) is 22.8. The number of hydrogen-bond acceptors (Lipinski definition) is 1. The summed E-state index contributed by atoms with van der Waals surface area (Å²) in [5.74, 6) is 0.734. The van der Waals surface area contributed by atoms with Gasteiger partial charge in [0.2, 0.25) is 0 Å². The van der Waals surface area contributed by atoms with Gasteiger partial charge in [0.25, 0.3) is 0 Å². The lowest BCUT2D eigenvalue weighted by Gasteiger charge is -2.22. The average Bonchev–Trinajstić information content (AvgIpc) is 2.91. The van der Waals surface area contributed by atoms with Crippen molar-refractivity contribution in [3.63, 3.8) is 0 Å². The number of unbranched alkanes of at least 4 members (excludes halogenated alkanes) is 3. The summed E-state index contributed by atoms with van der Waals surface area (Å²) < 4.78 is 0. The van der Waals surface area contributed by atoms with E-state index in [0.29, 0.717) is 0 Å². The van der Waals surface area contributed by atoms with Gasteiger partial charge in [-0.15, -0.1) is 0 Å². The first-order valence-corrected chi connectivity index (χ1v) is 13.4. The van der Waals surface area contributed by atoms with Gasteiger partial charge >= 0.3 is 0 Å². The molecule has 0 amide bonds. The van der Waals surface area contributed by atoms with Crippen molar-refractivity contribution in [1.29, 1.82) is 0 Å². The number of aryl methyl sites for hydroxylation is 1. The zero-order chi connectivity index (χ0) is 23.2. The second-order valence-electron chi connectivity index (χ2n) is 10.1. The van der Waals surface area contributed by atoms with E-state index in [2.05, 4.69) is 85.8 Å². The first-order valence-electron chi connectivity index (χ1n) is 13.4. The zero-order valence-corrected chi connectivity index (χ0v) is 20.6. The molecule has 4 aromatic rings. The highest BCUT2D eigenvalue weighted by atomic mass is 14.7. The van der Waals surface area contributed by atoms with Crippen molar-refractivity contribution in [2.24, 2.45) is 0 Å². The van der Waals surface area contributed by atoms with Crippen LogP contribution in [0.15, 0.2) is 78.9 Å². The third-order valence-corrected chi connectivity index (χ3v) is 7.55. The third-order valence-electron chi connectivity index (χ3n) is 7.55. The molecule has 0 atom stereocenters. The van der Waals surface area contributed by atoms with Crippen molar-refractivity contribution in [3.8, 4) is 22.4 Å². The molecule has 5 rings (SSSR count). The molecule has 1 fully saturated rings. The van der Waals surface area contributed by atoms with Gasteiger partial charge in [0, 0.05) is 10.9 Å². The van der Waals surface area contributed by atoms with Crippen molar-refractivity contribution in [2.75, 3.05) is 0 Å². The molecule has 3 aromatic carbocycles. The number of rotatable bonds is 8. The van der Waals surface area contributed by atoms with Crippen LogP contribution in [-0.4, -0.2) is 4.98 Å². The minimum atomic E-state index is 0.734. The van der Waals surface area contributed by atoms with Gasteiger partial charge < -0.3 is 0 Å². The van der Waals surface area contributed by atoms with Crippen LogP contribution in [0.2, 0.25) is 0 Å². The molecular formula is C33H37N. The lowest BCUT2D eigenvalue weighted by Crippen LogP contribution is -2.04. The quantitative estimate of drug-likeness (QED) is 0.245. The molecule has 1 heterocycles. The predicted octanol–water partition coefficient (Wildman–Crippen LogP) is 9.74. The summed E-state index contributed by atoms with van der Waals surface area (Å²) >= 11 is 0. The summed E-state index contributed by atoms with van der Waals surface area (Å²) in [5.41, 5.74) is 8.79. The fraction of sp³-hybridized carbons (Fsp3) is 0.364. The molecule has 1 saturated carbocycles. The van der Waals surface area contributed by atoms with Gasteiger partial charge in [0.05, 0.1) is 11.2 Å². The highest BCUT2D eigenvalue weighted by Crippen LogP contribution is 2.34. The summed E-state index contributed by atoms with van der Waals surface area (Å²) in [6, 6.07) is 29.3. The maximum absolute atomic E-state index is 5.03. The molecule has 1 aliphatic rings. The van der Waals surface area contributed by atoms with Gasteiger partial charge in [-0.2, -0.15) is 0 Å². The second kappa shape index (κ2) is 11.0. The van der Waals surface area contributed by atoms with E-state index in [1.54, 1.807) is 0 Å². The Kier molecular flexibility index (Phi) is 7.39. The Morgan fingerprint density at radius 2 is 1.53 bits per heavy atom. The van der Waals surface area contributed by atoms with E-state index in [0.717, 1.165) is 17.1 Å². The van der Waals surface area contributed by atoms with Gasteiger partial charge in [-0.3, -0.25) is 0 Å². The number of pyridine rings is 1. The summed E-state index contributed by atoms with van der Waals surface area (Å²) in [6.07, 6.45) is 13.3. The monoisotopic (exact) mass is 447 g/mol. The molecule has 0 spiro atoms. The van der Waals surface area contributed by atoms with Crippen LogP contribution in [0.3, 0.4) is 0 Å². The minimum Gasteiger partial charge on any atom is -0.248 e. The van der Waals surface area contributed by atoms with Crippen molar-refractivity contribution < 1.29 is 0 Å². The fourth-order valence-electron chi connectivity index (χ4n) is 5.47. The Morgan fingerprint density at radius 1 is 0.706 bits per heavy atom. The van der Waals surface area contributed by atoms with Crippen LogP contribution < -0.4 is 0 Å². The fourth-order valence-corrected chi connectivity index (χ4v) is 5.47. The van der Waals surface area contributed by atoms with Gasteiger partial charge in [-0.25, -0.2) is 4.98 Å². The highest BCUT2D eigenvalue weighted by Gasteiger charge is 2.16. The van der Waals surface area contributed by atoms with Crippen LogP contribution in [0.25, 0.3) is 33.3 Å². The van der Waals surface area contributed by atoms with Crippen LogP contribution in [0.5, 0.6) is 0 Å². The third kappa shape index (κ3) is 5.41. The number of hydrogen-bond donors (Lipinski definition) is 0. The molecule has 0 radical (unpaired) electrons. The Labute approximate surface area is 205 Å². The highest BCUT2D eigenvalue weighted by molar-refractivity contribution is 5.83. The molecule has 0 aliphatic heterocycles. The molecule has 0 bridgehead atoms. The minimum absolute atomic E-state index is 0.734. The van der Waals surface area contributed by atoms with Crippen LogP contribution >= 0.6 is 0 Å². The Balaban J connectivity index is 1.33. The van der Waals surface area contributed by atoms with E-state index in [-0.39, 0.29) is 0 Å².